The second-order valence-corrected chi connectivity index (χ2v) is 9.75. The molecule has 4 rings (SSSR count). The Hall–Kier alpha value is -3.46. The molecule has 0 bridgehead atoms. The van der Waals surface area contributed by atoms with E-state index in [1.807, 2.05) is 24.3 Å². The molecule has 1 saturated heterocycles. The monoisotopic (exact) mass is 528 g/mol. The third kappa shape index (κ3) is 5.06. The molecule has 10 heteroatoms. The number of carbonyl (C=O) groups is 2. The molecule has 0 aliphatic carbocycles. The molecule has 0 spiro atoms. The van der Waals surface area contributed by atoms with Crippen LogP contribution in [0.1, 0.15) is 19.4 Å². The Kier molecular flexibility index (Phi) is 7.31. The minimum absolute atomic E-state index is 0.243. The number of rotatable bonds is 6. The van der Waals surface area contributed by atoms with Gasteiger partial charge >= 0.3 is 12.1 Å². The number of nitrogens with one attached hydrogen (secondary N) is 1. The molecule has 4 amide bonds. The summed E-state index contributed by atoms with van der Waals surface area (Å²) in [5, 5.41) is 15.2. The Morgan fingerprint density at radius 3 is 2.31 bits per heavy atom. The van der Waals surface area contributed by atoms with Crippen molar-refractivity contribution in [1.82, 2.24) is 9.96 Å². The molecule has 3 aromatic rings. The van der Waals surface area contributed by atoms with Gasteiger partial charge in [-0.15, -0.1) is 0 Å². The minimum atomic E-state index is -1.08. The quantitative estimate of drug-likeness (QED) is 0.283. The minimum Gasteiger partial charge on any atom is -0.497 e. The van der Waals surface area contributed by atoms with Crippen LogP contribution in [-0.4, -0.2) is 46.0 Å². The molecule has 0 radical (unpaired) electrons. The molecule has 0 saturated carbocycles. The molecule has 1 fully saturated rings. The molecule has 0 unspecified atom stereocenters. The number of hydrogen-bond acceptors (Lipinski definition) is 4. The molecule has 1 aliphatic heterocycles. The maximum absolute atomic E-state index is 13.8. The summed E-state index contributed by atoms with van der Waals surface area (Å²) in [5.74, 6) is 0.698. The second kappa shape index (κ2) is 10.3. The van der Waals surface area contributed by atoms with Crippen LogP contribution >= 0.6 is 23.2 Å². The molecule has 3 aromatic carbocycles. The number of carbonyl (C=O) groups excluding carboxylic acids is 2. The summed E-state index contributed by atoms with van der Waals surface area (Å²) >= 11 is 12.2. The summed E-state index contributed by atoms with van der Waals surface area (Å²) in [5.41, 5.74) is 0.687. The zero-order valence-corrected chi connectivity index (χ0v) is 21.5. The van der Waals surface area contributed by atoms with Gasteiger partial charge in [0.15, 0.2) is 6.17 Å². The van der Waals surface area contributed by atoms with Gasteiger partial charge in [0.25, 0.3) is 0 Å². The van der Waals surface area contributed by atoms with E-state index in [9.17, 15) is 14.8 Å². The van der Waals surface area contributed by atoms with Gasteiger partial charge in [-0.05, 0) is 67.9 Å². The average molecular weight is 529 g/mol. The van der Waals surface area contributed by atoms with E-state index in [1.165, 1.54) is 4.90 Å². The molecular weight excluding hydrogens is 503 g/mol. The van der Waals surface area contributed by atoms with E-state index in [4.69, 9.17) is 27.9 Å². The predicted octanol–water partition coefficient (Wildman–Crippen LogP) is 6.47. The third-order valence-corrected chi connectivity index (χ3v) is 6.58. The summed E-state index contributed by atoms with van der Waals surface area (Å²) in [7, 11) is 1.58. The first-order chi connectivity index (χ1) is 17.1. The van der Waals surface area contributed by atoms with Gasteiger partial charge in [0.2, 0.25) is 0 Å². The van der Waals surface area contributed by atoms with E-state index in [0.29, 0.717) is 32.2 Å². The first-order valence-corrected chi connectivity index (χ1v) is 11.9. The van der Waals surface area contributed by atoms with Gasteiger partial charge in [-0.3, -0.25) is 10.1 Å². The average Bonchev–Trinajstić information content (AvgIpc) is 3.04. The van der Waals surface area contributed by atoms with E-state index in [-0.39, 0.29) is 6.54 Å². The number of ether oxygens (including phenoxy) is 1. The second-order valence-electron chi connectivity index (χ2n) is 8.88. The lowest BCUT2D eigenvalue weighted by atomic mass is 9.99. The summed E-state index contributed by atoms with van der Waals surface area (Å²) < 4.78 is 5.22. The molecule has 0 aromatic heterocycles. The molecule has 1 atom stereocenters. The first kappa shape index (κ1) is 25.6. The van der Waals surface area contributed by atoms with Crippen molar-refractivity contribution in [3.05, 3.63) is 88.4 Å². The van der Waals surface area contributed by atoms with Gasteiger partial charge in [0.1, 0.15) is 5.75 Å². The number of nitrogens with zero attached hydrogens (tertiary/aromatic N) is 3. The van der Waals surface area contributed by atoms with Gasteiger partial charge in [0.05, 0.1) is 12.6 Å². The molecule has 36 heavy (non-hydrogen) atoms. The highest BCUT2D eigenvalue weighted by atomic mass is 35.5. The van der Waals surface area contributed by atoms with Gasteiger partial charge in [-0.25, -0.2) is 9.59 Å². The summed E-state index contributed by atoms with van der Waals surface area (Å²) in [6, 6.07) is 19.4. The van der Waals surface area contributed by atoms with E-state index in [0.717, 1.165) is 5.56 Å². The van der Waals surface area contributed by atoms with Gasteiger partial charge in [-0.2, -0.15) is 5.06 Å². The fraction of sp³-hybridized carbons (Fsp3) is 0.231. The van der Waals surface area contributed by atoms with Gasteiger partial charge in [0, 0.05) is 28.0 Å². The molecule has 2 N–H and O–H groups in total. The van der Waals surface area contributed by atoms with Crippen LogP contribution in [0.25, 0.3) is 0 Å². The van der Waals surface area contributed by atoms with Crippen molar-refractivity contribution >= 4 is 46.6 Å². The highest BCUT2D eigenvalue weighted by Crippen LogP contribution is 2.39. The van der Waals surface area contributed by atoms with Crippen LogP contribution in [0, 0.1) is 0 Å². The van der Waals surface area contributed by atoms with Gasteiger partial charge < -0.3 is 15.0 Å². The van der Waals surface area contributed by atoms with Crippen LogP contribution in [0.5, 0.6) is 5.75 Å². The normalized spacial score (nSPS) is 16.7. The Bertz CT molecular complexity index is 1270. The Morgan fingerprint density at radius 1 is 1.06 bits per heavy atom. The first-order valence-electron chi connectivity index (χ1n) is 11.2. The molecule has 8 nitrogen and oxygen atoms in total. The van der Waals surface area contributed by atoms with E-state index in [1.54, 1.807) is 74.4 Å². The largest absolute Gasteiger partial charge is 0.497 e. The Morgan fingerprint density at radius 2 is 1.69 bits per heavy atom. The topological polar surface area (TPSA) is 85.3 Å². The van der Waals surface area contributed by atoms with Crippen molar-refractivity contribution in [3.63, 3.8) is 0 Å². The van der Waals surface area contributed by atoms with Crippen LogP contribution in [0.2, 0.25) is 10.0 Å². The lowest BCUT2D eigenvalue weighted by Gasteiger charge is -2.38. The number of amides is 4. The van der Waals surface area contributed by atoms with Crippen molar-refractivity contribution in [3.8, 4) is 5.75 Å². The Balaban J connectivity index is 1.70. The van der Waals surface area contributed by atoms with Crippen molar-refractivity contribution in [2.45, 2.75) is 32.1 Å². The van der Waals surface area contributed by atoms with Crippen molar-refractivity contribution < 1.29 is 19.5 Å². The molecular formula is C26H26Cl2N4O4. The lowest BCUT2D eigenvalue weighted by Crippen LogP contribution is -2.58. The van der Waals surface area contributed by atoms with Crippen molar-refractivity contribution in [2.24, 2.45) is 0 Å². The standard InChI is InChI=1S/C26H26Cl2N4O4/c1-26(2)23(32(35)24(33)29-20-8-4-6-18(27)14-20)31(21-9-5-7-19(28)15-21)25(34)30(26)16-17-10-12-22(36-3)13-11-17/h4-15,23,35H,16H2,1-3H3,(H,29,33)/t23-/m0/s1. The number of benzene rings is 3. The van der Waals surface area contributed by atoms with E-state index in [2.05, 4.69) is 5.32 Å². The van der Waals surface area contributed by atoms with E-state index >= 15 is 0 Å². The fourth-order valence-electron chi connectivity index (χ4n) is 4.27. The van der Waals surface area contributed by atoms with Gasteiger partial charge in [-0.1, -0.05) is 47.5 Å². The number of methoxy groups -OCH3 is 1. The predicted molar refractivity (Wildman–Crippen MR) is 140 cm³/mol. The maximum Gasteiger partial charge on any atom is 0.347 e. The van der Waals surface area contributed by atoms with Crippen LogP contribution in [-0.2, 0) is 6.54 Å². The van der Waals surface area contributed by atoms with Crippen LogP contribution in [0.3, 0.4) is 0 Å². The lowest BCUT2D eigenvalue weighted by molar-refractivity contribution is -0.0954. The number of urea groups is 2. The number of hydrogen-bond donors (Lipinski definition) is 2. The zero-order valence-electron chi connectivity index (χ0n) is 20.0. The van der Waals surface area contributed by atoms with Crippen molar-refractivity contribution in [1.29, 1.82) is 0 Å². The zero-order chi connectivity index (χ0) is 26.0. The molecule has 1 aliphatic rings. The van der Waals surface area contributed by atoms with Crippen molar-refractivity contribution in [2.75, 3.05) is 17.3 Å². The third-order valence-electron chi connectivity index (χ3n) is 6.11. The Labute approximate surface area is 219 Å². The van der Waals surface area contributed by atoms with Crippen LogP contribution in [0.4, 0.5) is 21.0 Å². The fourth-order valence-corrected chi connectivity index (χ4v) is 4.64. The van der Waals surface area contributed by atoms with E-state index < -0.39 is 23.8 Å². The summed E-state index contributed by atoms with van der Waals surface area (Å²) in [6.07, 6.45) is -1.08. The summed E-state index contributed by atoms with van der Waals surface area (Å²) in [6.45, 7) is 3.83. The number of halogens is 2. The summed E-state index contributed by atoms with van der Waals surface area (Å²) in [4.78, 5) is 29.9. The number of anilines is 2. The van der Waals surface area contributed by atoms with Crippen LogP contribution < -0.4 is 15.0 Å². The highest BCUT2D eigenvalue weighted by molar-refractivity contribution is 6.31. The molecule has 188 valence electrons. The smallest absolute Gasteiger partial charge is 0.347 e. The van der Waals surface area contributed by atoms with Crippen LogP contribution in [0.15, 0.2) is 72.8 Å². The number of hydroxylamine groups is 2. The highest BCUT2D eigenvalue weighted by Gasteiger charge is 2.56. The molecule has 1 heterocycles. The maximum atomic E-state index is 13.8. The SMILES string of the molecule is COc1ccc(CN2C(=O)N(c3cccc(Cl)c3)[C@@H](N(O)C(=O)Nc3cccc(Cl)c3)C2(C)C)cc1.